The Bertz CT molecular complexity index is 640. The number of nitrogens with zero attached hydrogens (tertiary/aromatic N) is 1. The molecule has 0 spiro atoms. The third-order valence-electron chi connectivity index (χ3n) is 4.16. The first-order chi connectivity index (χ1) is 11.7. The van der Waals surface area contributed by atoms with Crippen LogP contribution in [0.4, 0.5) is 9.18 Å². The SMILES string of the molecule is Cc1ccc(C(=O)NCC2CCCN(C(=O)OC(C)(C)C)C2)cc1F. The molecule has 1 fully saturated rings. The molecule has 1 atom stereocenters. The summed E-state index contributed by atoms with van der Waals surface area (Å²) in [4.78, 5) is 26.0. The molecule has 0 aromatic heterocycles. The minimum Gasteiger partial charge on any atom is -0.444 e. The Morgan fingerprint density at radius 2 is 2.08 bits per heavy atom. The molecule has 0 saturated carbocycles. The maximum atomic E-state index is 13.6. The summed E-state index contributed by atoms with van der Waals surface area (Å²) in [6.07, 6.45) is 1.49. The van der Waals surface area contributed by atoms with Gasteiger partial charge in [0.15, 0.2) is 0 Å². The van der Waals surface area contributed by atoms with Crippen LogP contribution in [0.5, 0.6) is 0 Å². The van der Waals surface area contributed by atoms with E-state index in [2.05, 4.69) is 5.32 Å². The van der Waals surface area contributed by atoms with Crippen LogP contribution < -0.4 is 5.32 Å². The smallest absolute Gasteiger partial charge is 0.410 e. The van der Waals surface area contributed by atoms with Crippen LogP contribution in [-0.2, 0) is 4.74 Å². The van der Waals surface area contributed by atoms with Crippen molar-refractivity contribution in [3.8, 4) is 0 Å². The van der Waals surface area contributed by atoms with Crippen molar-refractivity contribution >= 4 is 12.0 Å². The lowest BCUT2D eigenvalue weighted by atomic mass is 9.98. The Kier molecular flexibility index (Phi) is 6.03. The van der Waals surface area contributed by atoms with E-state index in [0.717, 1.165) is 12.8 Å². The molecule has 1 unspecified atom stereocenters. The van der Waals surface area contributed by atoms with Gasteiger partial charge in [0.2, 0.25) is 0 Å². The van der Waals surface area contributed by atoms with Crippen LogP contribution in [0.25, 0.3) is 0 Å². The maximum absolute atomic E-state index is 13.6. The molecule has 138 valence electrons. The molecule has 2 rings (SSSR count). The standard InChI is InChI=1S/C19H27FN2O3/c1-13-7-8-15(10-16(13)20)17(23)21-11-14-6-5-9-22(12-14)18(24)25-19(2,3)4/h7-8,10,14H,5-6,9,11-12H2,1-4H3,(H,21,23). The Labute approximate surface area is 148 Å². The zero-order valence-electron chi connectivity index (χ0n) is 15.4. The number of nitrogens with one attached hydrogen (secondary N) is 1. The summed E-state index contributed by atoms with van der Waals surface area (Å²) in [5, 5.41) is 2.84. The van der Waals surface area contributed by atoms with Crippen LogP contribution in [-0.4, -0.2) is 42.1 Å². The van der Waals surface area contributed by atoms with Gasteiger partial charge < -0.3 is 15.0 Å². The van der Waals surface area contributed by atoms with E-state index in [1.165, 1.54) is 6.07 Å². The number of benzene rings is 1. The molecule has 6 heteroatoms. The van der Waals surface area contributed by atoms with Gasteiger partial charge in [0, 0.05) is 25.2 Å². The van der Waals surface area contributed by atoms with Gasteiger partial charge in [0.25, 0.3) is 5.91 Å². The predicted octanol–water partition coefficient (Wildman–Crippen LogP) is 3.51. The molecule has 1 saturated heterocycles. The van der Waals surface area contributed by atoms with E-state index in [-0.39, 0.29) is 23.7 Å². The topological polar surface area (TPSA) is 58.6 Å². The van der Waals surface area contributed by atoms with Crippen LogP contribution >= 0.6 is 0 Å². The largest absolute Gasteiger partial charge is 0.444 e. The number of halogens is 1. The van der Waals surface area contributed by atoms with Gasteiger partial charge >= 0.3 is 6.09 Å². The number of hydrogen-bond acceptors (Lipinski definition) is 3. The molecule has 1 aromatic carbocycles. The molecule has 0 aliphatic carbocycles. The number of piperidine rings is 1. The number of ether oxygens (including phenoxy) is 1. The summed E-state index contributed by atoms with van der Waals surface area (Å²) in [7, 11) is 0. The average molecular weight is 350 g/mol. The van der Waals surface area contributed by atoms with Gasteiger partial charge in [-0.25, -0.2) is 9.18 Å². The highest BCUT2D eigenvalue weighted by Crippen LogP contribution is 2.19. The van der Waals surface area contributed by atoms with E-state index in [1.54, 1.807) is 24.0 Å². The number of carbonyl (C=O) groups is 2. The van der Waals surface area contributed by atoms with Gasteiger partial charge in [0.1, 0.15) is 11.4 Å². The number of likely N-dealkylation sites (tertiary alicyclic amines) is 1. The highest BCUT2D eigenvalue weighted by Gasteiger charge is 2.27. The molecule has 0 radical (unpaired) electrons. The fraction of sp³-hybridized carbons (Fsp3) is 0.579. The quantitative estimate of drug-likeness (QED) is 0.907. The van der Waals surface area contributed by atoms with E-state index < -0.39 is 5.60 Å². The van der Waals surface area contributed by atoms with Crippen molar-refractivity contribution in [3.05, 3.63) is 35.1 Å². The Morgan fingerprint density at radius 3 is 2.72 bits per heavy atom. The predicted molar refractivity (Wildman–Crippen MR) is 94.0 cm³/mol. The molecular formula is C19H27FN2O3. The van der Waals surface area contributed by atoms with E-state index >= 15 is 0 Å². The summed E-state index contributed by atoms with van der Waals surface area (Å²) in [5.74, 6) is -0.518. The first-order valence-corrected chi connectivity index (χ1v) is 8.68. The lowest BCUT2D eigenvalue weighted by molar-refractivity contribution is 0.0167. The van der Waals surface area contributed by atoms with Gasteiger partial charge in [-0.05, 0) is 64.2 Å². The summed E-state index contributed by atoms with van der Waals surface area (Å²) >= 11 is 0. The minimum absolute atomic E-state index is 0.167. The van der Waals surface area contributed by atoms with Crippen molar-refractivity contribution < 1.29 is 18.7 Å². The fourth-order valence-electron chi connectivity index (χ4n) is 2.80. The van der Waals surface area contributed by atoms with Crippen molar-refractivity contribution in [2.24, 2.45) is 5.92 Å². The number of amides is 2. The van der Waals surface area contributed by atoms with E-state index in [1.807, 2.05) is 20.8 Å². The van der Waals surface area contributed by atoms with Crippen molar-refractivity contribution in [2.45, 2.75) is 46.1 Å². The Hall–Kier alpha value is -2.11. The minimum atomic E-state index is -0.520. The van der Waals surface area contributed by atoms with Crippen LogP contribution in [0.1, 0.15) is 49.5 Å². The summed E-state index contributed by atoms with van der Waals surface area (Å²) in [5.41, 5.74) is 0.299. The van der Waals surface area contributed by atoms with Crippen molar-refractivity contribution in [2.75, 3.05) is 19.6 Å². The van der Waals surface area contributed by atoms with Gasteiger partial charge in [-0.2, -0.15) is 0 Å². The molecule has 0 bridgehead atoms. The fourth-order valence-corrected chi connectivity index (χ4v) is 2.80. The molecule has 5 nitrogen and oxygen atoms in total. The van der Waals surface area contributed by atoms with Crippen LogP contribution in [0, 0.1) is 18.7 Å². The number of hydrogen-bond donors (Lipinski definition) is 1. The van der Waals surface area contributed by atoms with Crippen molar-refractivity contribution in [3.63, 3.8) is 0 Å². The molecule has 1 N–H and O–H groups in total. The van der Waals surface area contributed by atoms with Gasteiger partial charge in [-0.1, -0.05) is 6.07 Å². The zero-order chi connectivity index (χ0) is 18.6. The van der Waals surface area contributed by atoms with Gasteiger partial charge in [-0.15, -0.1) is 0 Å². The molecule has 1 aliphatic heterocycles. The van der Waals surface area contributed by atoms with Gasteiger partial charge in [0.05, 0.1) is 0 Å². The number of rotatable bonds is 3. The third kappa shape index (κ3) is 5.73. The molecule has 1 aromatic rings. The average Bonchev–Trinajstić information content (AvgIpc) is 2.54. The highest BCUT2D eigenvalue weighted by atomic mass is 19.1. The second-order valence-corrected chi connectivity index (χ2v) is 7.61. The van der Waals surface area contributed by atoms with E-state index in [0.29, 0.717) is 30.8 Å². The van der Waals surface area contributed by atoms with Crippen molar-refractivity contribution in [1.82, 2.24) is 10.2 Å². The van der Waals surface area contributed by atoms with Crippen molar-refractivity contribution in [1.29, 1.82) is 0 Å². The zero-order valence-corrected chi connectivity index (χ0v) is 15.4. The first-order valence-electron chi connectivity index (χ1n) is 8.68. The van der Waals surface area contributed by atoms with Crippen LogP contribution in [0.3, 0.4) is 0 Å². The lowest BCUT2D eigenvalue weighted by Gasteiger charge is -2.34. The van der Waals surface area contributed by atoms with E-state index in [4.69, 9.17) is 4.74 Å². The normalized spacial score (nSPS) is 18.0. The van der Waals surface area contributed by atoms with Crippen LogP contribution in [0.2, 0.25) is 0 Å². The molecular weight excluding hydrogens is 323 g/mol. The lowest BCUT2D eigenvalue weighted by Crippen LogP contribution is -2.45. The molecule has 1 heterocycles. The first kappa shape index (κ1) is 19.2. The second kappa shape index (κ2) is 7.85. The molecule has 2 amide bonds. The molecule has 25 heavy (non-hydrogen) atoms. The summed E-state index contributed by atoms with van der Waals surface area (Å²) < 4.78 is 19.0. The monoisotopic (exact) mass is 350 g/mol. The van der Waals surface area contributed by atoms with Crippen LogP contribution in [0.15, 0.2) is 18.2 Å². The summed E-state index contributed by atoms with van der Waals surface area (Å²) in [6, 6.07) is 4.45. The number of carbonyl (C=O) groups excluding carboxylic acids is 2. The molecule has 1 aliphatic rings. The summed E-state index contributed by atoms with van der Waals surface area (Å²) in [6.45, 7) is 8.85. The van der Waals surface area contributed by atoms with E-state index in [9.17, 15) is 14.0 Å². The third-order valence-corrected chi connectivity index (χ3v) is 4.16. The Morgan fingerprint density at radius 1 is 1.36 bits per heavy atom. The number of aryl methyl sites for hydroxylation is 1. The van der Waals surface area contributed by atoms with Gasteiger partial charge in [-0.3, -0.25) is 4.79 Å². The maximum Gasteiger partial charge on any atom is 0.410 e. The highest BCUT2D eigenvalue weighted by molar-refractivity contribution is 5.94. The Balaban J connectivity index is 1.87. The second-order valence-electron chi connectivity index (χ2n) is 7.61.